The summed E-state index contributed by atoms with van der Waals surface area (Å²) >= 11 is 0. The summed E-state index contributed by atoms with van der Waals surface area (Å²) in [7, 11) is 0. The van der Waals surface area contributed by atoms with Crippen molar-refractivity contribution in [3.8, 4) is 0 Å². The second-order valence-corrected chi connectivity index (χ2v) is 6.41. The van der Waals surface area contributed by atoms with Gasteiger partial charge in [-0.15, -0.1) is 0 Å². The molecule has 0 atom stereocenters. The minimum Gasteiger partial charge on any atom is -0.385 e. The van der Waals surface area contributed by atoms with E-state index in [1.54, 1.807) is 0 Å². The van der Waals surface area contributed by atoms with Gasteiger partial charge in [-0.25, -0.2) is 0 Å². The Morgan fingerprint density at radius 1 is 1.09 bits per heavy atom. The summed E-state index contributed by atoms with van der Waals surface area (Å²) in [5, 5.41) is 14.1. The number of piperidine rings is 1. The van der Waals surface area contributed by atoms with Crippen LogP contribution < -0.4 is 5.32 Å². The lowest BCUT2D eigenvalue weighted by Gasteiger charge is -2.33. The van der Waals surface area contributed by atoms with Gasteiger partial charge in [0.25, 0.3) is 0 Å². The molecule has 0 spiro atoms. The van der Waals surface area contributed by atoms with Crippen LogP contribution >= 0.6 is 0 Å². The van der Waals surface area contributed by atoms with Crippen molar-refractivity contribution in [1.82, 2.24) is 9.88 Å². The van der Waals surface area contributed by atoms with E-state index in [9.17, 15) is 9.90 Å². The predicted octanol–water partition coefficient (Wildman–Crippen LogP) is 2.64. The Morgan fingerprint density at radius 3 is 2.57 bits per heavy atom. The quantitative estimate of drug-likeness (QED) is 0.897. The average molecular weight is 308 g/mol. The van der Waals surface area contributed by atoms with E-state index in [2.05, 4.69) is 5.32 Å². The van der Waals surface area contributed by atoms with E-state index in [1.165, 1.54) is 0 Å². The zero-order valence-electron chi connectivity index (χ0n) is 13.0. The first-order valence-electron chi connectivity index (χ1n) is 8.10. The van der Waals surface area contributed by atoms with Gasteiger partial charge in [0.2, 0.25) is 0 Å². The first-order valence-corrected chi connectivity index (χ1v) is 8.10. The Hall–Kier alpha value is -2.17. The second-order valence-electron chi connectivity index (χ2n) is 6.41. The zero-order valence-corrected chi connectivity index (χ0v) is 13.0. The van der Waals surface area contributed by atoms with Crippen LogP contribution in [0.25, 0.3) is 11.8 Å². The molecule has 1 fully saturated rings. The molecule has 0 bridgehead atoms. The first kappa shape index (κ1) is 14.4. The lowest BCUT2D eigenvalue weighted by molar-refractivity contribution is 0.00593. The third kappa shape index (κ3) is 2.54. The average Bonchev–Trinajstić information content (AvgIpc) is 3.05. The maximum Gasteiger partial charge on any atom is 0.183 e. The molecule has 0 radical (unpaired) electrons. The van der Waals surface area contributed by atoms with Crippen molar-refractivity contribution >= 4 is 17.6 Å². The molecule has 4 heteroatoms. The van der Waals surface area contributed by atoms with E-state index in [1.807, 2.05) is 53.4 Å². The van der Waals surface area contributed by atoms with Crippen molar-refractivity contribution in [2.24, 2.45) is 0 Å². The number of benzene rings is 1. The number of fused-ring (bicyclic) bond motifs is 1. The number of carbonyl (C=O) groups excluding carboxylic acids is 1. The summed E-state index contributed by atoms with van der Waals surface area (Å²) < 4.78 is 1.88. The van der Waals surface area contributed by atoms with Crippen LogP contribution in [0.3, 0.4) is 0 Å². The van der Waals surface area contributed by atoms with E-state index in [-0.39, 0.29) is 5.78 Å². The molecule has 0 unspecified atom stereocenters. The van der Waals surface area contributed by atoms with Gasteiger partial charge >= 0.3 is 0 Å². The predicted molar refractivity (Wildman–Crippen MR) is 90.0 cm³/mol. The molecule has 2 aromatic rings. The molecular formula is C19H20N2O2. The van der Waals surface area contributed by atoms with E-state index < -0.39 is 5.60 Å². The summed E-state index contributed by atoms with van der Waals surface area (Å²) in [6, 6.07) is 11.8. The van der Waals surface area contributed by atoms with E-state index in [0.717, 1.165) is 48.3 Å². The van der Waals surface area contributed by atoms with Crippen LogP contribution in [0.1, 0.15) is 40.9 Å². The third-order valence-electron chi connectivity index (χ3n) is 4.93. The molecule has 23 heavy (non-hydrogen) atoms. The molecule has 2 N–H and O–H groups in total. The molecule has 3 heterocycles. The zero-order chi connectivity index (χ0) is 15.9. The lowest BCUT2D eigenvalue weighted by atomic mass is 9.84. The summed E-state index contributed by atoms with van der Waals surface area (Å²) in [6.45, 7) is 1.68. The second kappa shape index (κ2) is 5.48. The maximum absolute atomic E-state index is 12.2. The number of hydrogen-bond acceptors (Lipinski definition) is 3. The highest BCUT2D eigenvalue weighted by Crippen LogP contribution is 2.32. The van der Waals surface area contributed by atoms with Crippen LogP contribution in [-0.4, -0.2) is 28.5 Å². The molecule has 2 aliphatic rings. The number of aliphatic hydroxyl groups is 1. The summed E-state index contributed by atoms with van der Waals surface area (Å²) in [6.07, 6.45) is 5.82. The van der Waals surface area contributed by atoms with E-state index in [4.69, 9.17) is 0 Å². The van der Waals surface area contributed by atoms with Gasteiger partial charge in [-0.1, -0.05) is 24.3 Å². The topological polar surface area (TPSA) is 54.3 Å². The Morgan fingerprint density at radius 2 is 1.83 bits per heavy atom. The Balaban J connectivity index is 1.63. The fourth-order valence-corrected chi connectivity index (χ4v) is 3.52. The van der Waals surface area contributed by atoms with Crippen molar-refractivity contribution in [1.29, 1.82) is 0 Å². The Labute approximate surface area is 135 Å². The molecule has 2 aliphatic heterocycles. The van der Waals surface area contributed by atoms with Crippen LogP contribution in [-0.2, 0) is 5.60 Å². The van der Waals surface area contributed by atoms with Crippen molar-refractivity contribution in [3.63, 3.8) is 0 Å². The molecule has 0 saturated carbocycles. The number of rotatable bonds is 2. The number of ketones is 1. The molecular weight excluding hydrogens is 288 g/mol. The van der Waals surface area contributed by atoms with Crippen LogP contribution in [0.5, 0.6) is 0 Å². The first-order chi connectivity index (χ1) is 11.2. The number of aromatic nitrogens is 1. The highest BCUT2D eigenvalue weighted by atomic mass is 16.3. The van der Waals surface area contributed by atoms with E-state index in [0.29, 0.717) is 6.42 Å². The third-order valence-corrected chi connectivity index (χ3v) is 4.93. The van der Waals surface area contributed by atoms with Crippen molar-refractivity contribution in [2.45, 2.75) is 24.9 Å². The standard InChI is InChI=1S/C19H20N2O2/c22-18-12-15(13-21-11-1-2-17(18)21)14-3-5-16(6-4-14)19(23)7-9-20-10-8-19/h1-6,11,13,20,23H,7-10,12H2. The molecule has 0 amide bonds. The van der Waals surface area contributed by atoms with Crippen LogP contribution in [0.2, 0.25) is 0 Å². The number of nitrogens with zero attached hydrogens (tertiary/aromatic N) is 1. The van der Waals surface area contributed by atoms with E-state index >= 15 is 0 Å². The van der Waals surface area contributed by atoms with Crippen LogP contribution in [0, 0.1) is 0 Å². The normalized spacial score (nSPS) is 20.0. The number of carbonyl (C=O) groups is 1. The fourth-order valence-electron chi connectivity index (χ4n) is 3.52. The summed E-state index contributed by atoms with van der Waals surface area (Å²) in [5.41, 5.74) is 3.04. The number of Topliss-reactive ketones (excluding diaryl/α,β-unsaturated/α-hetero) is 1. The van der Waals surface area contributed by atoms with Gasteiger partial charge in [0.15, 0.2) is 5.78 Å². The van der Waals surface area contributed by atoms with Crippen molar-refractivity contribution in [3.05, 3.63) is 59.4 Å². The summed E-state index contributed by atoms with van der Waals surface area (Å²) in [4.78, 5) is 12.2. The molecule has 118 valence electrons. The molecule has 0 aliphatic carbocycles. The minimum absolute atomic E-state index is 0.147. The van der Waals surface area contributed by atoms with Gasteiger partial charge in [-0.3, -0.25) is 4.79 Å². The van der Waals surface area contributed by atoms with Gasteiger partial charge in [-0.05, 0) is 54.8 Å². The molecule has 4 nitrogen and oxygen atoms in total. The smallest absolute Gasteiger partial charge is 0.183 e. The number of nitrogens with one attached hydrogen (secondary N) is 1. The molecule has 1 saturated heterocycles. The molecule has 4 rings (SSSR count). The SMILES string of the molecule is O=C1CC(c2ccc(C3(O)CCNCC3)cc2)=Cn2cccc21. The minimum atomic E-state index is -0.728. The molecule has 1 aromatic heterocycles. The monoisotopic (exact) mass is 308 g/mol. The number of hydrogen-bond donors (Lipinski definition) is 2. The van der Waals surface area contributed by atoms with Crippen molar-refractivity contribution < 1.29 is 9.90 Å². The Kier molecular flexibility index (Phi) is 3.43. The van der Waals surface area contributed by atoms with Crippen LogP contribution in [0.4, 0.5) is 0 Å². The highest BCUT2D eigenvalue weighted by molar-refractivity contribution is 6.06. The summed E-state index contributed by atoms with van der Waals surface area (Å²) in [5.74, 6) is 0.147. The van der Waals surface area contributed by atoms with Gasteiger partial charge in [-0.2, -0.15) is 0 Å². The Bertz CT molecular complexity index is 765. The fraction of sp³-hybridized carbons (Fsp3) is 0.316. The van der Waals surface area contributed by atoms with Crippen molar-refractivity contribution in [2.75, 3.05) is 13.1 Å². The van der Waals surface area contributed by atoms with Gasteiger partial charge in [0.1, 0.15) is 0 Å². The van der Waals surface area contributed by atoms with Gasteiger partial charge < -0.3 is 15.0 Å². The molecule has 1 aromatic carbocycles. The van der Waals surface area contributed by atoms with Gasteiger partial charge in [0.05, 0.1) is 11.3 Å². The maximum atomic E-state index is 12.2. The lowest BCUT2D eigenvalue weighted by Crippen LogP contribution is -2.39. The van der Waals surface area contributed by atoms with Crippen LogP contribution in [0.15, 0.2) is 42.6 Å². The van der Waals surface area contributed by atoms with Gasteiger partial charge in [0, 0.05) is 18.8 Å². The number of allylic oxidation sites excluding steroid dienone is 1. The highest BCUT2D eigenvalue weighted by Gasteiger charge is 2.31. The largest absolute Gasteiger partial charge is 0.385 e.